The normalized spacial score (nSPS) is 14.1. The number of benzene rings is 2. The molecule has 1 aliphatic rings. The van der Waals surface area contributed by atoms with Crippen LogP contribution in [0, 0.1) is 0 Å². The number of aryl methyl sites for hydroxylation is 1. The predicted octanol–water partition coefficient (Wildman–Crippen LogP) is 6.73. The first-order valence-electron chi connectivity index (χ1n) is 14.0. The van der Waals surface area contributed by atoms with Gasteiger partial charge in [-0.1, -0.05) is 36.8 Å². The maximum absolute atomic E-state index is 6.43. The summed E-state index contributed by atoms with van der Waals surface area (Å²) >= 11 is 0. The highest BCUT2D eigenvalue weighted by Gasteiger charge is 2.21. The minimum atomic E-state index is 0.630. The summed E-state index contributed by atoms with van der Waals surface area (Å²) in [6.45, 7) is 5.80. The molecule has 0 aliphatic carbocycles. The molecule has 1 aliphatic heterocycles. The molecule has 0 unspecified atom stereocenters. The van der Waals surface area contributed by atoms with E-state index in [9.17, 15) is 0 Å². The van der Waals surface area contributed by atoms with Gasteiger partial charge in [0.1, 0.15) is 18.1 Å². The first-order chi connectivity index (χ1) is 19.3. The van der Waals surface area contributed by atoms with E-state index in [2.05, 4.69) is 61.1 Å². The van der Waals surface area contributed by atoms with Gasteiger partial charge < -0.3 is 19.0 Å². The third-order valence-corrected chi connectivity index (χ3v) is 7.36. The van der Waals surface area contributed by atoms with E-state index in [1.165, 1.54) is 32.4 Å². The lowest BCUT2D eigenvalue weighted by molar-refractivity contribution is 0.183. The number of rotatable bonds is 11. The van der Waals surface area contributed by atoms with E-state index in [1.54, 1.807) is 0 Å². The van der Waals surface area contributed by atoms with Gasteiger partial charge >= 0.3 is 0 Å². The second-order valence-corrected chi connectivity index (χ2v) is 10.1. The molecule has 0 radical (unpaired) electrons. The van der Waals surface area contributed by atoms with Crippen LogP contribution in [0.4, 0.5) is 5.69 Å². The number of pyridine rings is 1. The van der Waals surface area contributed by atoms with Crippen LogP contribution in [0.25, 0.3) is 33.6 Å². The smallest absolute Gasteiger partial charge is 0.229 e. The molecule has 1 saturated heterocycles. The van der Waals surface area contributed by atoms with Crippen molar-refractivity contribution < 1.29 is 9.15 Å². The second-order valence-electron chi connectivity index (χ2n) is 10.1. The summed E-state index contributed by atoms with van der Waals surface area (Å²) in [6, 6.07) is 20.7. The maximum atomic E-state index is 6.43. The predicted molar refractivity (Wildman–Crippen MR) is 156 cm³/mol. The molecule has 7 nitrogen and oxygen atoms in total. The number of nitrogens with one attached hydrogen (secondary N) is 1. The van der Waals surface area contributed by atoms with E-state index in [0.29, 0.717) is 12.3 Å². The Bertz CT molecular complexity index is 1460. The fourth-order valence-corrected chi connectivity index (χ4v) is 5.34. The molecular weight excluding hydrogens is 486 g/mol. The largest absolute Gasteiger partial charge is 0.492 e. The lowest BCUT2D eigenvalue weighted by atomic mass is 9.98. The van der Waals surface area contributed by atoms with Crippen molar-refractivity contribution in [2.75, 3.05) is 38.1 Å². The lowest BCUT2D eigenvalue weighted by Gasteiger charge is -2.26. The second kappa shape index (κ2) is 12.2. The van der Waals surface area contributed by atoms with E-state index in [0.717, 1.165) is 65.3 Å². The summed E-state index contributed by atoms with van der Waals surface area (Å²) in [4.78, 5) is 11.2. The first kappa shape index (κ1) is 25.2. The molecule has 39 heavy (non-hydrogen) atoms. The topological polar surface area (TPSA) is 68.3 Å². The Balaban J connectivity index is 1.24. The number of fused-ring (bicyclic) bond motifs is 1. The Hall–Kier alpha value is -4.10. The number of anilines is 1. The monoisotopic (exact) mass is 521 g/mol. The van der Waals surface area contributed by atoms with Crippen molar-refractivity contribution in [1.82, 2.24) is 19.4 Å². The summed E-state index contributed by atoms with van der Waals surface area (Å²) in [5, 5.41) is 4.63. The highest BCUT2D eigenvalue weighted by molar-refractivity contribution is 6.06. The van der Waals surface area contributed by atoms with Crippen LogP contribution >= 0.6 is 0 Å². The summed E-state index contributed by atoms with van der Waals surface area (Å²) in [5.74, 6) is 1.70. The van der Waals surface area contributed by atoms with Crippen LogP contribution in [-0.2, 0) is 6.54 Å². The number of piperidine rings is 1. The van der Waals surface area contributed by atoms with Crippen molar-refractivity contribution in [1.29, 1.82) is 0 Å². The Labute approximate surface area is 229 Å². The number of aromatic nitrogens is 3. The molecule has 0 atom stereocenters. The van der Waals surface area contributed by atoms with Gasteiger partial charge in [-0.15, -0.1) is 0 Å². The first-order valence-corrected chi connectivity index (χ1v) is 14.0. The molecule has 200 valence electrons. The summed E-state index contributed by atoms with van der Waals surface area (Å²) in [6.07, 6.45) is 12.4. The quantitative estimate of drug-likeness (QED) is 0.195. The Kier molecular flexibility index (Phi) is 7.86. The standard InChI is InChI=1S/C32H35N5O2/c1-3-8-25(9-4-1)29-30-28(34-15-7-20-37-21-17-33-24-37)14-16-35-32(30)39-31(29)26-10-12-27(13-11-26)38-23-22-36-18-5-2-6-19-36/h1,3-4,8-14,16-17,21,24H,2,5-7,15,18-20,22-23H2,(H,34,35). The molecule has 6 rings (SSSR count). The van der Waals surface area contributed by atoms with E-state index < -0.39 is 0 Å². The zero-order valence-corrected chi connectivity index (χ0v) is 22.3. The molecule has 2 aromatic carbocycles. The number of furan rings is 1. The van der Waals surface area contributed by atoms with Gasteiger partial charge in [0.05, 0.1) is 11.7 Å². The molecule has 4 heterocycles. The van der Waals surface area contributed by atoms with Gasteiger partial charge in [-0.3, -0.25) is 4.90 Å². The van der Waals surface area contributed by atoms with Crippen molar-refractivity contribution in [2.24, 2.45) is 0 Å². The molecule has 0 spiro atoms. The van der Waals surface area contributed by atoms with Gasteiger partial charge in [0, 0.05) is 55.0 Å². The summed E-state index contributed by atoms with van der Waals surface area (Å²) < 4.78 is 14.6. The van der Waals surface area contributed by atoms with Gasteiger partial charge in [-0.25, -0.2) is 9.97 Å². The minimum absolute atomic E-state index is 0.630. The van der Waals surface area contributed by atoms with Crippen LogP contribution in [0.1, 0.15) is 25.7 Å². The van der Waals surface area contributed by atoms with Crippen molar-refractivity contribution in [2.45, 2.75) is 32.2 Å². The number of hydrogen-bond acceptors (Lipinski definition) is 6. The van der Waals surface area contributed by atoms with Crippen LogP contribution in [-0.4, -0.2) is 52.2 Å². The van der Waals surface area contributed by atoms with Crippen molar-refractivity contribution in [3.8, 4) is 28.2 Å². The third kappa shape index (κ3) is 5.99. The highest BCUT2D eigenvalue weighted by Crippen LogP contribution is 2.43. The van der Waals surface area contributed by atoms with Crippen molar-refractivity contribution >= 4 is 16.8 Å². The molecule has 5 aromatic rings. The van der Waals surface area contributed by atoms with Gasteiger partial charge in [0.15, 0.2) is 0 Å². The number of ether oxygens (including phenoxy) is 1. The maximum Gasteiger partial charge on any atom is 0.229 e. The van der Waals surface area contributed by atoms with E-state index in [1.807, 2.05) is 49.2 Å². The Morgan fingerprint density at radius 2 is 1.72 bits per heavy atom. The molecule has 1 fully saturated rings. The molecule has 1 N–H and O–H groups in total. The van der Waals surface area contributed by atoms with E-state index in [-0.39, 0.29) is 0 Å². The molecule has 0 bridgehead atoms. The van der Waals surface area contributed by atoms with Crippen molar-refractivity contribution in [3.63, 3.8) is 0 Å². The number of nitrogens with zero attached hydrogens (tertiary/aromatic N) is 4. The SMILES string of the molecule is c1ccc(-c2c(-c3ccc(OCCN4CCCCC4)cc3)oc3nccc(NCCCn4ccnc4)c23)cc1. The van der Waals surface area contributed by atoms with Gasteiger partial charge in [-0.05, 0) is 68.2 Å². The fourth-order valence-electron chi connectivity index (χ4n) is 5.34. The zero-order valence-electron chi connectivity index (χ0n) is 22.3. The summed E-state index contributed by atoms with van der Waals surface area (Å²) in [7, 11) is 0. The number of likely N-dealkylation sites (tertiary alicyclic amines) is 1. The Morgan fingerprint density at radius 3 is 2.51 bits per heavy atom. The minimum Gasteiger partial charge on any atom is -0.492 e. The van der Waals surface area contributed by atoms with Gasteiger partial charge in [0.2, 0.25) is 5.71 Å². The van der Waals surface area contributed by atoms with Crippen LogP contribution in [0.15, 0.2) is 90.0 Å². The molecule has 3 aromatic heterocycles. The van der Waals surface area contributed by atoms with E-state index in [4.69, 9.17) is 9.15 Å². The molecule has 7 heteroatoms. The van der Waals surface area contributed by atoms with Gasteiger partial charge in [-0.2, -0.15) is 0 Å². The molecule has 0 amide bonds. The lowest BCUT2D eigenvalue weighted by Crippen LogP contribution is -2.33. The average molecular weight is 522 g/mol. The average Bonchev–Trinajstić information content (AvgIpc) is 3.65. The number of hydrogen-bond donors (Lipinski definition) is 1. The van der Waals surface area contributed by atoms with Crippen molar-refractivity contribution in [3.05, 3.63) is 85.6 Å². The fraction of sp³-hybridized carbons (Fsp3) is 0.312. The highest BCUT2D eigenvalue weighted by atomic mass is 16.5. The zero-order chi connectivity index (χ0) is 26.3. The summed E-state index contributed by atoms with van der Waals surface area (Å²) in [5.41, 5.74) is 4.81. The van der Waals surface area contributed by atoms with E-state index >= 15 is 0 Å². The van der Waals surface area contributed by atoms with Crippen LogP contribution < -0.4 is 10.1 Å². The van der Waals surface area contributed by atoms with Gasteiger partial charge in [0.25, 0.3) is 0 Å². The number of imidazole rings is 1. The Morgan fingerprint density at radius 1 is 0.872 bits per heavy atom. The van der Waals surface area contributed by atoms with Crippen LogP contribution in [0.2, 0.25) is 0 Å². The van der Waals surface area contributed by atoms with Crippen LogP contribution in [0.3, 0.4) is 0 Å². The molecule has 0 saturated carbocycles. The van der Waals surface area contributed by atoms with Crippen LogP contribution in [0.5, 0.6) is 5.75 Å². The molecular formula is C32H35N5O2. The third-order valence-electron chi connectivity index (χ3n) is 7.36.